The van der Waals surface area contributed by atoms with E-state index in [1.54, 1.807) is 6.20 Å². The van der Waals surface area contributed by atoms with Gasteiger partial charge in [0.1, 0.15) is 12.4 Å². The molecule has 0 aliphatic carbocycles. The first-order valence-electron chi connectivity index (χ1n) is 5.84. The van der Waals surface area contributed by atoms with Crippen molar-refractivity contribution in [1.29, 1.82) is 0 Å². The van der Waals surface area contributed by atoms with Crippen LogP contribution in [0.1, 0.15) is 21.0 Å². The van der Waals surface area contributed by atoms with Crippen LogP contribution in [0, 0.1) is 6.92 Å². The molecule has 0 atom stereocenters. The molecule has 7 heteroatoms. The molecule has 0 radical (unpaired) electrons. The third kappa shape index (κ3) is 3.49. The van der Waals surface area contributed by atoms with Gasteiger partial charge in [0.2, 0.25) is 0 Å². The number of ether oxygens (including phenoxy) is 1. The highest BCUT2D eigenvalue weighted by Crippen LogP contribution is 2.37. The summed E-state index contributed by atoms with van der Waals surface area (Å²) in [5.41, 5.74) is 4.98. The van der Waals surface area contributed by atoms with Gasteiger partial charge >= 0.3 is 6.18 Å². The van der Waals surface area contributed by atoms with E-state index in [1.165, 1.54) is 23.5 Å². The molecule has 0 unspecified atom stereocenters. The van der Waals surface area contributed by atoms with E-state index in [2.05, 4.69) is 4.98 Å². The number of thiazole rings is 1. The summed E-state index contributed by atoms with van der Waals surface area (Å²) in [5.74, 6) is -0.194. The van der Waals surface area contributed by atoms with E-state index in [9.17, 15) is 13.2 Å². The van der Waals surface area contributed by atoms with E-state index < -0.39 is 11.7 Å². The number of hydrogen-bond donors (Lipinski definition) is 1. The average Bonchev–Trinajstić information content (AvgIpc) is 2.81. The lowest BCUT2D eigenvalue weighted by atomic mass is 10.1. The van der Waals surface area contributed by atoms with Crippen LogP contribution in [0.4, 0.5) is 13.2 Å². The molecular weight excluding hydrogens is 289 g/mol. The van der Waals surface area contributed by atoms with Crippen molar-refractivity contribution in [2.24, 2.45) is 5.73 Å². The second-order valence-corrected chi connectivity index (χ2v) is 5.49. The lowest BCUT2D eigenvalue weighted by Crippen LogP contribution is -2.10. The smallest absolute Gasteiger partial charge is 0.419 e. The van der Waals surface area contributed by atoms with Crippen LogP contribution in [0.5, 0.6) is 5.75 Å². The molecule has 0 saturated carbocycles. The van der Waals surface area contributed by atoms with Gasteiger partial charge in [-0.15, -0.1) is 11.3 Å². The quantitative estimate of drug-likeness (QED) is 0.940. The highest BCUT2D eigenvalue weighted by atomic mass is 32.1. The maximum Gasteiger partial charge on any atom is 0.419 e. The minimum Gasteiger partial charge on any atom is -0.487 e. The van der Waals surface area contributed by atoms with Crippen molar-refractivity contribution in [3.8, 4) is 5.75 Å². The lowest BCUT2D eigenvalue weighted by molar-refractivity contribution is -0.139. The maximum atomic E-state index is 13.0. The van der Waals surface area contributed by atoms with Crippen LogP contribution in [0.15, 0.2) is 24.4 Å². The van der Waals surface area contributed by atoms with E-state index in [-0.39, 0.29) is 18.9 Å². The van der Waals surface area contributed by atoms with Crippen molar-refractivity contribution >= 4 is 11.3 Å². The van der Waals surface area contributed by atoms with E-state index >= 15 is 0 Å². The minimum absolute atomic E-state index is 0.0530. The zero-order chi connectivity index (χ0) is 14.8. The Balaban J connectivity index is 2.22. The average molecular weight is 302 g/mol. The number of hydrogen-bond acceptors (Lipinski definition) is 4. The summed E-state index contributed by atoms with van der Waals surface area (Å²) in [7, 11) is 0. The molecule has 2 N–H and O–H groups in total. The van der Waals surface area contributed by atoms with Crippen LogP contribution in [-0.2, 0) is 19.3 Å². The minimum atomic E-state index is -4.47. The Labute approximate surface area is 118 Å². The molecule has 0 fully saturated rings. The topological polar surface area (TPSA) is 48.1 Å². The summed E-state index contributed by atoms with van der Waals surface area (Å²) in [5, 5.41) is 0.845. The van der Waals surface area contributed by atoms with Crippen LogP contribution in [0.25, 0.3) is 0 Å². The number of aryl methyl sites for hydroxylation is 1. The van der Waals surface area contributed by atoms with Crippen molar-refractivity contribution in [1.82, 2.24) is 4.98 Å². The number of benzene rings is 1. The molecule has 2 rings (SSSR count). The zero-order valence-corrected chi connectivity index (χ0v) is 11.5. The molecule has 0 spiro atoms. The highest BCUT2D eigenvalue weighted by molar-refractivity contribution is 7.11. The summed E-state index contributed by atoms with van der Waals surface area (Å²) in [6.45, 7) is 1.94. The summed E-state index contributed by atoms with van der Waals surface area (Å²) >= 11 is 1.39. The molecule has 3 nitrogen and oxygen atoms in total. The number of nitrogens with zero attached hydrogens (tertiary/aromatic N) is 1. The first kappa shape index (κ1) is 14.8. The molecule has 1 aromatic carbocycles. The number of alkyl halides is 3. The van der Waals surface area contributed by atoms with Crippen LogP contribution < -0.4 is 10.5 Å². The van der Waals surface area contributed by atoms with Crippen LogP contribution in [-0.4, -0.2) is 4.98 Å². The molecule has 1 aromatic heterocycles. The Bertz CT molecular complexity index is 596. The van der Waals surface area contributed by atoms with Crippen molar-refractivity contribution < 1.29 is 17.9 Å². The highest BCUT2D eigenvalue weighted by Gasteiger charge is 2.34. The summed E-state index contributed by atoms with van der Waals surface area (Å²) < 4.78 is 44.2. The largest absolute Gasteiger partial charge is 0.487 e. The van der Waals surface area contributed by atoms with Gasteiger partial charge in [0, 0.05) is 12.7 Å². The van der Waals surface area contributed by atoms with Gasteiger partial charge in [-0.25, -0.2) is 4.98 Å². The normalized spacial score (nSPS) is 11.7. The van der Waals surface area contributed by atoms with Crippen molar-refractivity contribution in [2.75, 3.05) is 0 Å². The molecule has 0 saturated heterocycles. The number of rotatable bonds is 4. The zero-order valence-electron chi connectivity index (χ0n) is 10.7. The van der Waals surface area contributed by atoms with Gasteiger partial charge in [0.05, 0.1) is 15.4 Å². The SMILES string of the molecule is Cc1ncc(COc2ccc(CN)cc2C(F)(F)F)s1. The van der Waals surface area contributed by atoms with Gasteiger partial charge in [0.25, 0.3) is 0 Å². The summed E-state index contributed by atoms with van der Waals surface area (Å²) in [6, 6.07) is 3.86. The van der Waals surface area contributed by atoms with E-state index in [0.717, 1.165) is 16.0 Å². The van der Waals surface area contributed by atoms with Gasteiger partial charge < -0.3 is 10.5 Å². The van der Waals surface area contributed by atoms with Crippen LogP contribution in [0.3, 0.4) is 0 Å². The first-order valence-corrected chi connectivity index (χ1v) is 6.66. The predicted octanol–water partition coefficient (Wildman–Crippen LogP) is 3.51. The Hall–Kier alpha value is -1.60. The van der Waals surface area contributed by atoms with E-state index in [1.807, 2.05) is 6.92 Å². The molecule has 0 amide bonds. The van der Waals surface area contributed by atoms with Crippen LogP contribution >= 0.6 is 11.3 Å². The number of halogens is 3. The van der Waals surface area contributed by atoms with Gasteiger partial charge in [0.15, 0.2) is 0 Å². The molecule has 0 aliphatic heterocycles. The van der Waals surface area contributed by atoms with Gasteiger partial charge in [-0.05, 0) is 24.6 Å². The predicted molar refractivity (Wildman–Crippen MR) is 70.5 cm³/mol. The van der Waals surface area contributed by atoms with E-state index in [4.69, 9.17) is 10.5 Å². The van der Waals surface area contributed by atoms with Crippen LogP contribution in [0.2, 0.25) is 0 Å². The Morgan fingerprint density at radius 1 is 1.35 bits per heavy atom. The summed E-state index contributed by atoms with van der Waals surface area (Å²) in [4.78, 5) is 4.80. The van der Waals surface area contributed by atoms with Crippen molar-refractivity contribution in [3.05, 3.63) is 45.4 Å². The molecule has 108 valence electrons. The first-order chi connectivity index (χ1) is 9.40. The second-order valence-electron chi connectivity index (χ2n) is 4.17. The van der Waals surface area contributed by atoms with Crippen molar-refractivity contribution in [3.63, 3.8) is 0 Å². The molecule has 20 heavy (non-hydrogen) atoms. The summed E-state index contributed by atoms with van der Waals surface area (Å²) in [6.07, 6.45) is -2.87. The fraction of sp³-hybridized carbons (Fsp3) is 0.308. The standard InChI is InChI=1S/C13H13F3N2OS/c1-8-18-6-10(20-8)7-19-12-3-2-9(5-17)4-11(12)13(14,15)16/h2-4,6H,5,7,17H2,1H3. The molecule has 2 aromatic rings. The molecule has 1 heterocycles. The Kier molecular flexibility index (Phi) is 4.29. The maximum absolute atomic E-state index is 13.0. The monoisotopic (exact) mass is 302 g/mol. The fourth-order valence-corrected chi connectivity index (χ4v) is 2.38. The second kappa shape index (κ2) is 5.80. The fourth-order valence-electron chi connectivity index (χ4n) is 1.67. The van der Waals surface area contributed by atoms with Gasteiger partial charge in [-0.2, -0.15) is 13.2 Å². The van der Waals surface area contributed by atoms with E-state index in [0.29, 0.717) is 5.56 Å². The van der Waals surface area contributed by atoms with Crippen molar-refractivity contribution in [2.45, 2.75) is 26.3 Å². The Morgan fingerprint density at radius 3 is 2.65 bits per heavy atom. The Morgan fingerprint density at radius 2 is 2.10 bits per heavy atom. The third-order valence-corrected chi connectivity index (χ3v) is 3.51. The lowest BCUT2D eigenvalue weighted by Gasteiger charge is -2.14. The molecule has 0 bridgehead atoms. The molecular formula is C13H13F3N2OS. The van der Waals surface area contributed by atoms with Gasteiger partial charge in [-0.3, -0.25) is 0 Å². The number of nitrogens with two attached hydrogens (primary N) is 1. The van der Waals surface area contributed by atoms with Gasteiger partial charge in [-0.1, -0.05) is 6.07 Å². The molecule has 0 aliphatic rings. The third-order valence-electron chi connectivity index (χ3n) is 2.62. The number of aromatic nitrogens is 1.